The van der Waals surface area contributed by atoms with E-state index in [4.69, 9.17) is 4.52 Å². The van der Waals surface area contributed by atoms with Crippen LogP contribution in [0.5, 0.6) is 0 Å². The van der Waals surface area contributed by atoms with Crippen molar-refractivity contribution in [3.8, 4) is 0 Å². The number of nitrogens with zero attached hydrogens (tertiary/aromatic N) is 4. The van der Waals surface area contributed by atoms with E-state index in [1.807, 2.05) is 15.9 Å². The zero-order valence-electron chi connectivity index (χ0n) is 16.6. The monoisotopic (exact) mass is 400 g/mol. The van der Waals surface area contributed by atoms with Crippen LogP contribution in [0.2, 0.25) is 0 Å². The fourth-order valence-electron chi connectivity index (χ4n) is 4.58. The Bertz CT molecular complexity index is 886. The molecule has 3 heterocycles. The largest absolute Gasteiger partial charge is 0.361 e. The van der Waals surface area contributed by atoms with Gasteiger partial charge >= 0.3 is 6.03 Å². The van der Waals surface area contributed by atoms with Gasteiger partial charge in [0.05, 0.1) is 12.2 Å². The van der Waals surface area contributed by atoms with Gasteiger partial charge in [0.15, 0.2) is 0 Å². The topological polar surface area (TPSA) is 69.9 Å². The molecule has 2 aliphatic rings. The second-order valence-corrected chi connectivity index (χ2v) is 8.03. The molecule has 2 saturated heterocycles. The van der Waals surface area contributed by atoms with E-state index >= 15 is 0 Å². The summed E-state index contributed by atoms with van der Waals surface area (Å²) in [6.07, 6.45) is 2.45. The van der Waals surface area contributed by atoms with Crippen LogP contribution >= 0.6 is 0 Å². The summed E-state index contributed by atoms with van der Waals surface area (Å²) in [7, 11) is 3.44. The molecule has 0 bridgehead atoms. The molecule has 4 rings (SSSR count). The van der Waals surface area contributed by atoms with E-state index in [0.717, 1.165) is 5.56 Å². The number of aryl methyl sites for hydroxylation is 1. The second-order valence-electron chi connectivity index (χ2n) is 8.03. The summed E-state index contributed by atoms with van der Waals surface area (Å²) >= 11 is 0. The first kappa shape index (κ1) is 19.4. The lowest BCUT2D eigenvalue weighted by atomic mass is 9.89. The van der Waals surface area contributed by atoms with E-state index in [0.29, 0.717) is 38.2 Å². The van der Waals surface area contributed by atoms with Crippen molar-refractivity contribution in [1.82, 2.24) is 19.9 Å². The number of likely N-dealkylation sites (tertiary alicyclic amines) is 2. The van der Waals surface area contributed by atoms with Gasteiger partial charge in [-0.25, -0.2) is 9.18 Å². The van der Waals surface area contributed by atoms with Crippen LogP contribution in [0, 0.1) is 17.7 Å². The highest BCUT2D eigenvalue weighted by Crippen LogP contribution is 2.45. The third-order valence-corrected chi connectivity index (χ3v) is 5.91. The molecule has 2 aromatic rings. The van der Waals surface area contributed by atoms with Gasteiger partial charge < -0.3 is 19.2 Å². The summed E-state index contributed by atoms with van der Waals surface area (Å²) in [5, 5.41) is 3.66. The molecular formula is C21H25FN4O3. The Morgan fingerprint density at radius 1 is 1.24 bits per heavy atom. The fourth-order valence-corrected chi connectivity index (χ4v) is 4.58. The summed E-state index contributed by atoms with van der Waals surface area (Å²) in [5.74, 6) is 0.718. The predicted molar refractivity (Wildman–Crippen MR) is 103 cm³/mol. The van der Waals surface area contributed by atoms with Gasteiger partial charge in [-0.15, -0.1) is 0 Å². The number of carbonyl (C=O) groups excluding carboxylic acids is 2. The van der Waals surface area contributed by atoms with Crippen molar-refractivity contribution in [2.45, 2.75) is 18.9 Å². The average molecular weight is 400 g/mol. The van der Waals surface area contributed by atoms with Crippen LogP contribution < -0.4 is 0 Å². The van der Waals surface area contributed by atoms with Crippen LogP contribution in [0.25, 0.3) is 0 Å². The summed E-state index contributed by atoms with van der Waals surface area (Å²) in [6, 6.07) is 7.87. The van der Waals surface area contributed by atoms with Gasteiger partial charge in [0, 0.05) is 64.5 Å². The molecule has 0 unspecified atom stereocenters. The lowest BCUT2D eigenvalue weighted by Crippen LogP contribution is -2.42. The molecule has 0 radical (unpaired) electrons. The van der Waals surface area contributed by atoms with E-state index in [2.05, 4.69) is 5.16 Å². The highest BCUT2D eigenvalue weighted by atomic mass is 19.1. The maximum absolute atomic E-state index is 13.9. The number of halogens is 1. The zero-order chi connectivity index (χ0) is 20.5. The summed E-state index contributed by atoms with van der Waals surface area (Å²) in [6.45, 7) is 1.75. The van der Waals surface area contributed by atoms with Crippen molar-refractivity contribution in [1.29, 1.82) is 0 Å². The number of aromatic nitrogens is 1. The molecule has 2 aliphatic heterocycles. The highest BCUT2D eigenvalue weighted by Gasteiger charge is 2.50. The molecule has 8 heteroatoms. The number of benzene rings is 1. The summed E-state index contributed by atoms with van der Waals surface area (Å²) in [4.78, 5) is 30.7. The molecule has 154 valence electrons. The maximum atomic E-state index is 13.9. The minimum atomic E-state index is -0.318. The third kappa shape index (κ3) is 3.83. The third-order valence-electron chi connectivity index (χ3n) is 5.91. The minimum Gasteiger partial charge on any atom is -0.361 e. The second kappa shape index (κ2) is 7.85. The van der Waals surface area contributed by atoms with Crippen LogP contribution in [-0.4, -0.2) is 65.5 Å². The van der Waals surface area contributed by atoms with Crippen molar-refractivity contribution in [3.05, 3.63) is 53.7 Å². The molecule has 3 atom stereocenters. The Morgan fingerprint density at radius 3 is 2.76 bits per heavy atom. The molecule has 0 N–H and O–H groups in total. The van der Waals surface area contributed by atoms with Crippen LogP contribution in [0.4, 0.5) is 9.18 Å². The molecule has 7 nitrogen and oxygen atoms in total. The number of rotatable bonds is 4. The van der Waals surface area contributed by atoms with Gasteiger partial charge in [0.25, 0.3) is 0 Å². The smallest absolute Gasteiger partial charge is 0.320 e. The summed E-state index contributed by atoms with van der Waals surface area (Å²) < 4.78 is 19.0. The molecular weight excluding hydrogens is 375 g/mol. The van der Waals surface area contributed by atoms with Crippen molar-refractivity contribution in [2.24, 2.45) is 11.8 Å². The lowest BCUT2D eigenvalue weighted by molar-refractivity contribution is -0.130. The quantitative estimate of drug-likeness (QED) is 0.791. The molecule has 1 aromatic carbocycles. The molecule has 0 aliphatic carbocycles. The van der Waals surface area contributed by atoms with Crippen molar-refractivity contribution in [2.75, 3.05) is 33.7 Å². The van der Waals surface area contributed by atoms with Crippen molar-refractivity contribution >= 4 is 11.9 Å². The number of carbonyl (C=O) groups is 2. The number of amides is 3. The van der Waals surface area contributed by atoms with E-state index in [-0.39, 0.29) is 35.6 Å². The normalized spacial score (nSPS) is 23.3. The van der Waals surface area contributed by atoms with Crippen LogP contribution in [0.1, 0.15) is 23.8 Å². The number of hydrogen-bond donors (Lipinski definition) is 0. The SMILES string of the molecule is CN(C)C(=O)N1C[C@H]2CN(C(=O)CCc3ccno3)C[C@H]2[C@@H]1c1cccc(F)c1. The van der Waals surface area contributed by atoms with Crippen molar-refractivity contribution in [3.63, 3.8) is 0 Å². The molecule has 0 spiro atoms. The van der Waals surface area contributed by atoms with Gasteiger partial charge in [0.1, 0.15) is 11.6 Å². The minimum absolute atomic E-state index is 0.0688. The molecule has 3 amide bonds. The summed E-state index contributed by atoms with van der Waals surface area (Å²) in [5.41, 5.74) is 0.781. The number of urea groups is 1. The molecule has 2 fully saturated rings. The van der Waals surface area contributed by atoms with Gasteiger partial charge in [-0.3, -0.25) is 4.79 Å². The van der Waals surface area contributed by atoms with E-state index in [9.17, 15) is 14.0 Å². The molecule has 1 aromatic heterocycles. The number of fused-ring (bicyclic) bond motifs is 1. The Balaban J connectivity index is 1.51. The lowest BCUT2D eigenvalue weighted by Gasteiger charge is -2.32. The number of hydrogen-bond acceptors (Lipinski definition) is 4. The van der Waals surface area contributed by atoms with Gasteiger partial charge in [-0.05, 0) is 17.7 Å². The zero-order valence-corrected chi connectivity index (χ0v) is 16.6. The Kier molecular flexibility index (Phi) is 5.25. The Morgan fingerprint density at radius 2 is 2.07 bits per heavy atom. The highest BCUT2D eigenvalue weighted by molar-refractivity contribution is 5.77. The fraction of sp³-hybridized carbons (Fsp3) is 0.476. The Labute approximate surface area is 169 Å². The standard InChI is InChI=1S/C21H25FN4O3/c1-24(2)21(28)26-12-15-11-25(19(27)7-6-17-8-9-23-29-17)13-18(15)20(26)14-4-3-5-16(22)10-14/h3-5,8-10,15,18,20H,6-7,11-13H2,1-2H3/t15-,18-,20+/m1/s1. The van der Waals surface area contributed by atoms with E-state index in [1.54, 1.807) is 37.3 Å². The van der Waals surface area contributed by atoms with Crippen LogP contribution in [-0.2, 0) is 11.2 Å². The first-order valence-corrected chi connectivity index (χ1v) is 9.84. The van der Waals surface area contributed by atoms with Crippen molar-refractivity contribution < 1.29 is 18.5 Å². The predicted octanol–water partition coefficient (Wildman–Crippen LogP) is 2.56. The van der Waals surface area contributed by atoms with Crippen LogP contribution in [0.3, 0.4) is 0 Å². The first-order valence-electron chi connectivity index (χ1n) is 9.84. The Hall–Kier alpha value is -2.90. The molecule has 29 heavy (non-hydrogen) atoms. The molecule has 0 saturated carbocycles. The van der Waals surface area contributed by atoms with E-state index in [1.165, 1.54) is 12.1 Å². The van der Waals surface area contributed by atoms with Gasteiger partial charge in [-0.1, -0.05) is 17.3 Å². The first-order chi connectivity index (χ1) is 13.9. The average Bonchev–Trinajstić information content (AvgIpc) is 3.41. The van der Waals surface area contributed by atoms with Gasteiger partial charge in [0.2, 0.25) is 5.91 Å². The maximum Gasteiger partial charge on any atom is 0.320 e. The van der Waals surface area contributed by atoms with E-state index < -0.39 is 0 Å². The van der Waals surface area contributed by atoms with Gasteiger partial charge in [-0.2, -0.15) is 0 Å². The van der Waals surface area contributed by atoms with Crippen LogP contribution in [0.15, 0.2) is 41.1 Å².